The van der Waals surface area contributed by atoms with E-state index in [2.05, 4.69) is 19.1 Å². The number of ether oxygens (including phenoxy) is 1. The second-order valence-electron chi connectivity index (χ2n) is 6.29. The van der Waals surface area contributed by atoms with E-state index in [0.717, 1.165) is 19.3 Å². The molecule has 136 valence electrons. The number of hydrogen-bond donors (Lipinski definition) is 2. The lowest BCUT2D eigenvalue weighted by Gasteiger charge is -1.99. The lowest BCUT2D eigenvalue weighted by Crippen LogP contribution is -2.00. The van der Waals surface area contributed by atoms with Crippen molar-refractivity contribution in [3.8, 4) is 0 Å². The van der Waals surface area contributed by atoms with Crippen molar-refractivity contribution in [1.82, 2.24) is 0 Å². The number of rotatable bonds is 14. The van der Waals surface area contributed by atoms with Gasteiger partial charge in [-0.05, 0) is 38.5 Å². The van der Waals surface area contributed by atoms with E-state index < -0.39 is 12.1 Å². The van der Waals surface area contributed by atoms with Crippen LogP contribution in [0.4, 0.5) is 0 Å². The third-order valence-electron chi connectivity index (χ3n) is 3.96. The molecule has 0 amide bonds. The molecule has 1 saturated heterocycles. The molecule has 1 fully saturated rings. The molecule has 4 nitrogen and oxygen atoms in total. The quantitative estimate of drug-likeness (QED) is 0.280. The number of unbranched alkanes of at least 4 members (excludes halogenated alkanes) is 4. The van der Waals surface area contributed by atoms with E-state index in [1.807, 2.05) is 18.2 Å². The van der Waals surface area contributed by atoms with E-state index in [4.69, 9.17) is 9.84 Å². The summed E-state index contributed by atoms with van der Waals surface area (Å²) in [6.45, 7) is 2.21. The number of epoxide rings is 1. The van der Waals surface area contributed by atoms with Gasteiger partial charge >= 0.3 is 5.97 Å². The second-order valence-corrected chi connectivity index (χ2v) is 6.29. The first-order chi connectivity index (χ1) is 11.6. The molecule has 4 heteroatoms. The van der Waals surface area contributed by atoms with Crippen molar-refractivity contribution < 1.29 is 19.7 Å². The number of hydrogen-bond acceptors (Lipinski definition) is 3. The molecule has 0 aromatic heterocycles. The van der Waals surface area contributed by atoms with Crippen LogP contribution in [0.2, 0.25) is 0 Å². The van der Waals surface area contributed by atoms with Crippen LogP contribution in [0.5, 0.6) is 0 Å². The molecule has 0 radical (unpaired) electrons. The van der Waals surface area contributed by atoms with Crippen LogP contribution in [0.3, 0.4) is 0 Å². The highest BCUT2D eigenvalue weighted by Gasteiger charge is 2.34. The van der Waals surface area contributed by atoms with Crippen LogP contribution in [0, 0.1) is 0 Å². The van der Waals surface area contributed by atoms with Crippen LogP contribution >= 0.6 is 0 Å². The standard InChI is InChI=1S/C20H32O4/c1-2-3-4-5-6-10-13-18-19(24-18)16-15-17(21)12-9-7-8-11-14-20(22)23/h6-7,9-10,15-19,21H,2-5,8,11-14H2,1H3,(H,22,23)/b9-7-,10-6+,16-15+/t17-,18+,19+/m1/s1. The first-order valence-electron chi connectivity index (χ1n) is 9.17. The van der Waals surface area contributed by atoms with Crippen molar-refractivity contribution in [2.24, 2.45) is 0 Å². The zero-order valence-corrected chi connectivity index (χ0v) is 14.8. The van der Waals surface area contributed by atoms with Crippen LogP contribution < -0.4 is 0 Å². The number of aliphatic carboxylic acids is 1. The minimum Gasteiger partial charge on any atom is -0.481 e. The molecule has 1 aliphatic heterocycles. The number of carboxylic acids is 1. The van der Waals surface area contributed by atoms with Gasteiger partial charge in [0, 0.05) is 6.42 Å². The molecule has 0 aromatic carbocycles. The molecule has 24 heavy (non-hydrogen) atoms. The van der Waals surface area contributed by atoms with Gasteiger partial charge in [-0.15, -0.1) is 0 Å². The Balaban J connectivity index is 2.04. The summed E-state index contributed by atoms with van der Waals surface area (Å²) < 4.78 is 5.55. The normalized spacial score (nSPS) is 21.9. The van der Waals surface area contributed by atoms with Gasteiger partial charge in [0.1, 0.15) is 6.10 Å². The summed E-state index contributed by atoms with van der Waals surface area (Å²) in [6, 6.07) is 0. The highest BCUT2D eigenvalue weighted by Crippen LogP contribution is 2.27. The third-order valence-corrected chi connectivity index (χ3v) is 3.96. The number of carbonyl (C=O) groups is 1. The molecule has 2 N–H and O–H groups in total. The highest BCUT2D eigenvalue weighted by atomic mass is 16.6. The van der Waals surface area contributed by atoms with Gasteiger partial charge in [0.05, 0.1) is 12.2 Å². The monoisotopic (exact) mass is 336 g/mol. The van der Waals surface area contributed by atoms with Gasteiger partial charge in [0.2, 0.25) is 0 Å². The lowest BCUT2D eigenvalue weighted by molar-refractivity contribution is -0.137. The maximum absolute atomic E-state index is 10.4. The Hall–Kier alpha value is -1.39. The summed E-state index contributed by atoms with van der Waals surface area (Å²) in [4.78, 5) is 10.4. The van der Waals surface area contributed by atoms with E-state index in [0.29, 0.717) is 12.8 Å². The molecular weight excluding hydrogens is 304 g/mol. The summed E-state index contributed by atoms with van der Waals surface area (Å²) in [6.07, 6.45) is 19.9. The van der Waals surface area contributed by atoms with Crippen molar-refractivity contribution in [3.05, 3.63) is 36.5 Å². The smallest absolute Gasteiger partial charge is 0.303 e. The van der Waals surface area contributed by atoms with Crippen molar-refractivity contribution in [1.29, 1.82) is 0 Å². The molecule has 0 aromatic rings. The Bertz CT molecular complexity index is 425. The van der Waals surface area contributed by atoms with Crippen molar-refractivity contribution in [2.75, 3.05) is 0 Å². The molecular formula is C20H32O4. The first-order valence-corrected chi connectivity index (χ1v) is 9.17. The van der Waals surface area contributed by atoms with Gasteiger partial charge in [0.25, 0.3) is 0 Å². The summed E-state index contributed by atoms with van der Waals surface area (Å²) >= 11 is 0. The summed E-state index contributed by atoms with van der Waals surface area (Å²) in [5.74, 6) is -0.763. The highest BCUT2D eigenvalue weighted by molar-refractivity contribution is 5.66. The number of aliphatic hydroxyl groups is 1. The minimum absolute atomic E-state index is 0.138. The minimum atomic E-state index is -0.763. The van der Waals surface area contributed by atoms with Gasteiger partial charge in [-0.3, -0.25) is 4.79 Å². The first kappa shape index (κ1) is 20.7. The molecule has 0 bridgehead atoms. The van der Waals surface area contributed by atoms with Crippen LogP contribution in [0.15, 0.2) is 36.5 Å². The Morgan fingerprint density at radius 1 is 1.12 bits per heavy atom. The molecule has 3 atom stereocenters. The van der Waals surface area contributed by atoms with Crippen LogP contribution in [0.1, 0.15) is 64.7 Å². The van der Waals surface area contributed by atoms with E-state index in [9.17, 15) is 9.90 Å². The largest absolute Gasteiger partial charge is 0.481 e. The number of allylic oxidation sites excluding steroid dienone is 2. The number of aliphatic hydroxyl groups excluding tert-OH is 1. The fourth-order valence-electron chi connectivity index (χ4n) is 2.42. The van der Waals surface area contributed by atoms with Crippen molar-refractivity contribution >= 4 is 5.97 Å². The van der Waals surface area contributed by atoms with Crippen molar-refractivity contribution in [2.45, 2.75) is 83.0 Å². The Labute approximate surface area is 145 Å². The molecule has 1 heterocycles. The zero-order chi connectivity index (χ0) is 17.6. The summed E-state index contributed by atoms with van der Waals surface area (Å²) in [5, 5.41) is 18.4. The average Bonchev–Trinajstić information content (AvgIpc) is 3.30. The molecule has 0 saturated carbocycles. The van der Waals surface area contributed by atoms with Gasteiger partial charge in [-0.25, -0.2) is 0 Å². The Morgan fingerprint density at radius 2 is 1.88 bits per heavy atom. The SMILES string of the molecule is CCCCC/C=C/C[C@@H]1O[C@H]1/C=C/[C@H](O)C/C=C\CCCC(=O)O. The van der Waals surface area contributed by atoms with Gasteiger partial charge in [-0.2, -0.15) is 0 Å². The molecule has 1 aliphatic rings. The average molecular weight is 336 g/mol. The molecule has 0 aliphatic carbocycles. The van der Waals surface area contributed by atoms with Gasteiger partial charge in [-0.1, -0.05) is 56.2 Å². The van der Waals surface area contributed by atoms with Crippen molar-refractivity contribution in [3.63, 3.8) is 0 Å². The Morgan fingerprint density at radius 3 is 2.62 bits per heavy atom. The topological polar surface area (TPSA) is 70.1 Å². The fourth-order valence-corrected chi connectivity index (χ4v) is 2.42. The molecule has 0 unspecified atom stereocenters. The van der Waals surface area contributed by atoms with E-state index in [1.165, 1.54) is 19.3 Å². The predicted molar refractivity (Wildman–Crippen MR) is 97.0 cm³/mol. The van der Waals surface area contributed by atoms with E-state index in [-0.39, 0.29) is 18.6 Å². The maximum Gasteiger partial charge on any atom is 0.303 e. The predicted octanol–water partition coefficient (Wildman–Crippen LogP) is 4.40. The third kappa shape index (κ3) is 11.2. The van der Waals surface area contributed by atoms with E-state index in [1.54, 1.807) is 6.08 Å². The van der Waals surface area contributed by atoms with Gasteiger partial charge < -0.3 is 14.9 Å². The van der Waals surface area contributed by atoms with Crippen LogP contribution in [-0.4, -0.2) is 34.5 Å². The Kier molecular flexibility index (Phi) is 11.2. The zero-order valence-electron chi connectivity index (χ0n) is 14.8. The maximum atomic E-state index is 10.4. The molecule has 0 spiro atoms. The second kappa shape index (κ2) is 13.0. The molecule has 1 rings (SSSR count). The van der Waals surface area contributed by atoms with Crippen LogP contribution in [0.25, 0.3) is 0 Å². The van der Waals surface area contributed by atoms with E-state index >= 15 is 0 Å². The summed E-state index contributed by atoms with van der Waals surface area (Å²) in [5.41, 5.74) is 0. The number of carboxylic acid groups (broad SMARTS) is 1. The lowest BCUT2D eigenvalue weighted by atomic mass is 10.1. The fraction of sp³-hybridized carbons (Fsp3) is 0.650. The summed E-state index contributed by atoms with van der Waals surface area (Å²) in [7, 11) is 0. The van der Waals surface area contributed by atoms with Crippen LogP contribution in [-0.2, 0) is 9.53 Å². The van der Waals surface area contributed by atoms with Gasteiger partial charge in [0.15, 0.2) is 0 Å².